The third-order valence-electron chi connectivity index (χ3n) is 1.93. The van der Waals surface area contributed by atoms with Crippen LogP contribution in [0, 0.1) is 0 Å². The molecule has 0 bridgehead atoms. The third kappa shape index (κ3) is 1.09. The number of nitrogens with two attached hydrogens (primary N) is 1. The number of halogens is 1. The SMILES string of the molecule is Nc1cc2c(cc1Br)NCC2. The Morgan fingerprint density at radius 3 is 3.09 bits per heavy atom. The number of benzene rings is 1. The second kappa shape index (κ2) is 2.41. The molecule has 0 spiro atoms. The molecule has 2 rings (SSSR count). The van der Waals surface area contributed by atoms with Gasteiger partial charge < -0.3 is 11.1 Å². The molecule has 11 heavy (non-hydrogen) atoms. The molecule has 0 aromatic heterocycles. The van der Waals surface area contributed by atoms with Gasteiger partial charge in [-0.2, -0.15) is 0 Å². The lowest BCUT2D eigenvalue weighted by Crippen LogP contribution is -1.91. The van der Waals surface area contributed by atoms with Crippen LogP contribution in [0.15, 0.2) is 16.6 Å². The van der Waals surface area contributed by atoms with Crippen LogP contribution in [0.1, 0.15) is 5.56 Å². The van der Waals surface area contributed by atoms with Gasteiger partial charge in [0, 0.05) is 22.4 Å². The molecule has 3 N–H and O–H groups in total. The van der Waals surface area contributed by atoms with Crippen LogP contribution in [0.3, 0.4) is 0 Å². The third-order valence-corrected chi connectivity index (χ3v) is 2.62. The van der Waals surface area contributed by atoms with E-state index in [1.807, 2.05) is 12.1 Å². The number of nitrogen functional groups attached to an aromatic ring is 1. The maximum Gasteiger partial charge on any atom is 0.0462 e. The van der Waals surface area contributed by atoms with Crippen molar-refractivity contribution in [3.05, 3.63) is 22.2 Å². The molecule has 1 aliphatic heterocycles. The molecule has 0 unspecified atom stereocenters. The van der Waals surface area contributed by atoms with E-state index >= 15 is 0 Å². The summed E-state index contributed by atoms with van der Waals surface area (Å²) < 4.78 is 0.977. The van der Waals surface area contributed by atoms with Crippen molar-refractivity contribution in [2.45, 2.75) is 6.42 Å². The van der Waals surface area contributed by atoms with Crippen LogP contribution in [0.25, 0.3) is 0 Å². The van der Waals surface area contributed by atoms with E-state index in [4.69, 9.17) is 5.73 Å². The first-order chi connectivity index (χ1) is 5.27. The van der Waals surface area contributed by atoms with Gasteiger partial charge in [-0.05, 0) is 40.0 Å². The van der Waals surface area contributed by atoms with Gasteiger partial charge in [0.25, 0.3) is 0 Å². The molecular weight excluding hydrogens is 204 g/mol. The molecule has 0 radical (unpaired) electrons. The average molecular weight is 213 g/mol. The standard InChI is InChI=1S/C8H9BrN2/c9-6-4-8-5(1-2-11-8)3-7(6)10/h3-4,11H,1-2,10H2. The van der Waals surface area contributed by atoms with Crippen LogP contribution < -0.4 is 11.1 Å². The predicted octanol–water partition coefficient (Wildman–Crippen LogP) is 2.00. The smallest absolute Gasteiger partial charge is 0.0462 e. The molecule has 0 fully saturated rings. The van der Waals surface area contributed by atoms with Crippen LogP contribution in [0.4, 0.5) is 11.4 Å². The largest absolute Gasteiger partial charge is 0.398 e. The molecule has 0 saturated heterocycles. The van der Waals surface area contributed by atoms with Gasteiger partial charge in [-0.25, -0.2) is 0 Å². The van der Waals surface area contributed by atoms with Crippen molar-refractivity contribution < 1.29 is 0 Å². The van der Waals surface area contributed by atoms with Crippen LogP contribution in [-0.4, -0.2) is 6.54 Å². The summed E-state index contributed by atoms with van der Waals surface area (Å²) in [6.45, 7) is 1.03. The highest BCUT2D eigenvalue weighted by Crippen LogP contribution is 2.30. The number of fused-ring (bicyclic) bond motifs is 1. The summed E-state index contributed by atoms with van der Waals surface area (Å²) in [5.74, 6) is 0. The minimum atomic E-state index is 0.826. The summed E-state index contributed by atoms with van der Waals surface area (Å²) in [5, 5.41) is 3.28. The van der Waals surface area contributed by atoms with Crippen molar-refractivity contribution in [3.8, 4) is 0 Å². The fraction of sp³-hybridized carbons (Fsp3) is 0.250. The van der Waals surface area contributed by atoms with E-state index < -0.39 is 0 Å². The normalized spacial score (nSPS) is 14.3. The molecule has 1 heterocycles. The zero-order valence-corrected chi connectivity index (χ0v) is 7.61. The number of nitrogens with one attached hydrogen (secondary N) is 1. The molecule has 1 aliphatic rings. The fourth-order valence-corrected chi connectivity index (χ4v) is 1.68. The van der Waals surface area contributed by atoms with Crippen molar-refractivity contribution >= 4 is 27.3 Å². The second-order valence-electron chi connectivity index (χ2n) is 2.71. The van der Waals surface area contributed by atoms with Gasteiger partial charge in [0.05, 0.1) is 0 Å². The Hall–Kier alpha value is -0.700. The summed E-state index contributed by atoms with van der Waals surface area (Å²) in [7, 11) is 0. The van der Waals surface area contributed by atoms with E-state index in [1.54, 1.807) is 0 Å². The first kappa shape index (κ1) is 6.98. The Balaban J connectivity index is 2.57. The molecule has 1 aromatic rings. The Morgan fingerprint density at radius 1 is 1.45 bits per heavy atom. The van der Waals surface area contributed by atoms with E-state index in [0.29, 0.717) is 0 Å². The molecule has 0 saturated carbocycles. The predicted molar refractivity (Wildman–Crippen MR) is 50.7 cm³/mol. The number of anilines is 2. The van der Waals surface area contributed by atoms with Gasteiger partial charge in [0.2, 0.25) is 0 Å². The highest BCUT2D eigenvalue weighted by molar-refractivity contribution is 9.10. The van der Waals surface area contributed by atoms with Gasteiger partial charge in [-0.3, -0.25) is 0 Å². The Morgan fingerprint density at radius 2 is 2.27 bits per heavy atom. The minimum Gasteiger partial charge on any atom is -0.398 e. The van der Waals surface area contributed by atoms with Gasteiger partial charge in [0.15, 0.2) is 0 Å². The van der Waals surface area contributed by atoms with Gasteiger partial charge in [-0.1, -0.05) is 0 Å². The number of hydrogen-bond acceptors (Lipinski definition) is 2. The van der Waals surface area contributed by atoms with Crippen LogP contribution in [-0.2, 0) is 6.42 Å². The monoisotopic (exact) mass is 212 g/mol. The van der Waals surface area contributed by atoms with Gasteiger partial charge >= 0.3 is 0 Å². The number of rotatable bonds is 0. The lowest BCUT2D eigenvalue weighted by Gasteiger charge is -2.02. The van der Waals surface area contributed by atoms with E-state index in [2.05, 4.69) is 21.2 Å². The maximum atomic E-state index is 5.72. The van der Waals surface area contributed by atoms with E-state index in [1.165, 1.54) is 11.3 Å². The quantitative estimate of drug-likeness (QED) is 0.647. The highest BCUT2D eigenvalue weighted by Gasteiger charge is 2.11. The number of hydrogen-bond donors (Lipinski definition) is 2. The van der Waals surface area contributed by atoms with E-state index in [-0.39, 0.29) is 0 Å². The molecule has 3 heteroatoms. The van der Waals surface area contributed by atoms with Crippen molar-refractivity contribution in [1.29, 1.82) is 0 Å². The Labute approximate surface area is 73.9 Å². The second-order valence-corrected chi connectivity index (χ2v) is 3.56. The Bertz CT molecular complexity index is 267. The minimum absolute atomic E-state index is 0.826. The summed E-state index contributed by atoms with van der Waals surface area (Å²) >= 11 is 3.38. The van der Waals surface area contributed by atoms with Crippen LogP contribution in [0.2, 0.25) is 0 Å². The molecule has 58 valence electrons. The summed E-state index contributed by atoms with van der Waals surface area (Å²) in [6, 6.07) is 4.07. The molecule has 0 amide bonds. The lowest BCUT2D eigenvalue weighted by molar-refractivity contribution is 1.11. The summed E-state index contributed by atoms with van der Waals surface area (Å²) in [5.41, 5.74) is 9.08. The zero-order valence-electron chi connectivity index (χ0n) is 6.02. The molecule has 0 atom stereocenters. The molecular formula is C8H9BrN2. The topological polar surface area (TPSA) is 38.0 Å². The van der Waals surface area contributed by atoms with Gasteiger partial charge in [0.1, 0.15) is 0 Å². The maximum absolute atomic E-state index is 5.72. The zero-order chi connectivity index (χ0) is 7.84. The summed E-state index contributed by atoms with van der Waals surface area (Å²) in [4.78, 5) is 0. The van der Waals surface area contributed by atoms with Crippen molar-refractivity contribution in [2.75, 3.05) is 17.6 Å². The van der Waals surface area contributed by atoms with Gasteiger partial charge in [-0.15, -0.1) is 0 Å². The fourth-order valence-electron chi connectivity index (χ4n) is 1.34. The molecule has 2 nitrogen and oxygen atoms in total. The van der Waals surface area contributed by atoms with Crippen molar-refractivity contribution in [3.63, 3.8) is 0 Å². The van der Waals surface area contributed by atoms with Crippen molar-refractivity contribution in [2.24, 2.45) is 0 Å². The van der Waals surface area contributed by atoms with Crippen molar-refractivity contribution in [1.82, 2.24) is 0 Å². The molecule has 0 aliphatic carbocycles. The molecule has 1 aromatic carbocycles. The Kier molecular flexibility index (Phi) is 1.53. The first-order valence-electron chi connectivity index (χ1n) is 3.59. The highest BCUT2D eigenvalue weighted by atomic mass is 79.9. The average Bonchev–Trinajstić information content (AvgIpc) is 2.36. The summed E-state index contributed by atoms with van der Waals surface area (Å²) in [6.07, 6.45) is 1.09. The van der Waals surface area contributed by atoms with E-state index in [0.717, 1.165) is 23.1 Å². The lowest BCUT2D eigenvalue weighted by atomic mass is 10.1. The first-order valence-corrected chi connectivity index (χ1v) is 4.38. The van der Waals surface area contributed by atoms with E-state index in [9.17, 15) is 0 Å². The van der Waals surface area contributed by atoms with Crippen LogP contribution >= 0.6 is 15.9 Å². The van der Waals surface area contributed by atoms with Crippen LogP contribution in [0.5, 0.6) is 0 Å².